The van der Waals surface area contributed by atoms with Gasteiger partial charge in [-0.05, 0) is 55.7 Å². The normalized spacial score (nSPS) is 17.8. The molecular weight excluding hydrogens is 450 g/mol. The van der Waals surface area contributed by atoms with Crippen molar-refractivity contribution in [3.8, 4) is 6.07 Å². The highest BCUT2D eigenvalue weighted by atomic mass is 32.2. The van der Waals surface area contributed by atoms with Gasteiger partial charge in [0.05, 0.1) is 26.6 Å². The number of nitrogens with two attached hydrogens (primary N) is 1. The second-order valence-corrected chi connectivity index (χ2v) is 11.5. The number of rotatable bonds is 5. The highest BCUT2D eigenvalue weighted by Gasteiger charge is 2.29. The highest BCUT2D eigenvalue weighted by molar-refractivity contribution is 7.92. The number of sulfonamides is 2. The Bertz CT molecular complexity index is 1420. The molecule has 1 saturated heterocycles. The average molecular weight is 474 g/mol. The van der Waals surface area contributed by atoms with E-state index in [-0.39, 0.29) is 22.4 Å². The molecule has 3 aromatic rings. The van der Waals surface area contributed by atoms with Crippen LogP contribution in [-0.2, 0) is 20.0 Å². The molecule has 1 atom stereocenters. The number of aromatic nitrogens is 1. The third kappa shape index (κ3) is 3.98. The van der Waals surface area contributed by atoms with Crippen LogP contribution >= 0.6 is 0 Å². The van der Waals surface area contributed by atoms with E-state index in [1.165, 1.54) is 34.8 Å². The van der Waals surface area contributed by atoms with Gasteiger partial charge in [-0.2, -0.15) is 9.57 Å². The Morgan fingerprint density at radius 1 is 1.12 bits per heavy atom. The van der Waals surface area contributed by atoms with E-state index in [1.807, 2.05) is 6.92 Å². The van der Waals surface area contributed by atoms with Gasteiger partial charge in [0.1, 0.15) is 6.07 Å². The average Bonchev–Trinajstić information content (AvgIpc) is 3.21. The molecule has 9 nitrogen and oxygen atoms in total. The summed E-state index contributed by atoms with van der Waals surface area (Å²) in [5.41, 5.74) is 7.96. The van der Waals surface area contributed by atoms with E-state index in [4.69, 9.17) is 5.73 Å². The number of piperidine rings is 1. The molecule has 1 aliphatic heterocycles. The number of fused-ring (bicyclic) bond motifs is 1. The van der Waals surface area contributed by atoms with E-state index in [1.54, 1.807) is 12.1 Å². The first-order valence-electron chi connectivity index (χ1n) is 10.0. The van der Waals surface area contributed by atoms with Crippen molar-refractivity contribution in [1.29, 1.82) is 5.26 Å². The van der Waals surface area contributed by atoms with Gasteiger partial charge in [-0.15, -0.1) is 0 Å². The van der Waals surface area contributed by atoms with Crippen LogP contribution in [0.2, 0.25) is 0 Å². The molecule has 4 N–H and O–H groups in total. The van der Waals surface area contributed by atoms with Crippen LogP contribution in [0.15, 0.2) is 52.4 Å². The molecule has 0 bridgehead atoms. The maximum absolute atomic E-state index is 12.9. The monoisotopic (exact) mass is 473 g/mol. The lowest BCUT2D eigenvalue weighted by molar-refractivity contribution is 0.316. The number of hydrogen-bond donors (Lipinski definition) is 3. The molecule has 0 saturated carbocycles. The first-order chi connectivity index (χ1) is 15.1. The number of benzene rings is 2. The quantitative estimate of drug-likeness (QED) is 0.517. The first kappa shape index (κ1) is 22.3. The molecular formula is C21H23N5O4S2. The zero-order chi connectivity index (χ0) is 23.1. The predicted molar refractivity (Wildman–Crippen MR) is 121 cm³/mol. The third-order valence-electron chi connectivity index (χ3n) is 5.60. The van der Waals surface area contributed by atoms with Crippen LogP contribution in [0.4, 0.5) is 5.69 Å². The molecule has 32 heavy (non-hydrogen) atoms. The maximum atomic E-state index is 12.9. The Morgan fingerprint density at radius 2 is 1.81 bits per heavy atom. The molecule has 1 aromatic heterocycles. The van der Waals surface area contributed by atoms with Crippen molar-refractivity contribution in [3.63, 3.8) is 0 Å². The van der Waals surface area contributed by atoms with E-state index >= 15 is 0 Å². The summed E-state index contributed by atoms with van der Waals surface area (Å²) in [7, 11) is -7.74. The minimum atomic E-state index is -3.99. The van der Waals surface area contributed by atoms with Gasteiger partial charge in [0.15, 0.2) is 0 Å². The number of anilines is 1. The van der Waals surface area contributed by atoms with E-state index < -0.39 is 20.0 Å². The predicted octanol–water partition coefficient (Wildman–Crippen LogP) is 2.26. The number of nitrogens with zero attached hydrogens (tertiary/aromatic N) is 2. The standard InChI is InChI=1S/C21H23N5O4S2/c1-14-4-9-19(21-20(14)15(11-22)12-24-21)25-31(27,28)17-5-7-18(8-6-17)32(29,30)26-10-2-3-16(23)13-26/h4-9,12,16,24-25H,2-3,10,13,23H2,1H3. The Hall–Kier alpha value is -2.91. The lowest BCUT2D eigenvalue weighted by atomic mass is 10.1. The van der Waals surface area contributed by atoms with Gasteiger partial charge in [-0.25, -0.2) is 16.8 Å². The van der Waals surface area contributed by atoms with Crippen LogP contribution in [0.25, 0.3) is 10.9 Å². The topological polar surface area (TPSA) is 149 Å². The minimum Gasteiger partial charge on any atom is -0.358 e. The number of aromatic amines is 1. The molecule has 2 heterocycles. The van der Waals surface area contributed by atoms with Gasteiger partial charge in [-0.3, -0.25) is 4.72 Å². The van der Waals surface area contributed by atoms with Crippen molar-refractivity contribution in [3.05, 3.63) is 53.7 Å². The number of H-pyrrole nitrogens is 1. The molecule has 0 radical (unpaired) electrons. The molecule has 0 spiro atoms. The molecule has 1 aliphatic rings. The molecule has 1 fully saturated rings. The molecule has 4 rings (SSSR count). The van der Waals surface area contributed by atoms with E-state index in [0.717, 1.165) is 12.0 Å². The third-order valence-corrected chi connectivity index (χ3v) is 8.86. The van der Waals surface area contributed by atoms with Gasteiger partial charge in [0.2, 0.25) is 10.0 Å². The van der Waals surface area contributed by atoms with Gasteiger partial charge >= 0.3 is 0 Å². The van der Waals surface area contributed by atoms with Gasteiger partial charge < -0.3 is 10.7 Å². The summed E-state index contributed by atoms with van der Waals surface area (Å²) < 4.78 is 55.5. The Kier molecular flexibility index (Phi) is 5.72. The van der Waals surface area contributed by atoms with E-state index in [9.17, 15) is 22.1 Å². The molecule has 1 unspecified atom stereocenters. The summed E-state index contributed by atoms with van der Waals surface area (Å²) in [6.07, 6.45) is 2.99. The number of hydrogen-bond acceptors (Lipinski definition) is 6. The van der Waals surface area contributed by atoms with Crippen molar-refractivity contribution in [2.45, 2.75) is 35.6 Å². The Balaban J connectivity index is 1.62. The molecule has 168 valence electrons. The Morgan fingerprint density at radius 3 is 2.47 bits per heavy atom. The fourth-order valence-electron chi connectivity index (χ4n) is 3.93. The molecule has 11 heteroatoms. The summed E-state index contributed by atoms with van der Waals surface area (Å²) >= 11 is 0. The maximum Gasteiger partial charge on any atom is 0.261 e. The first-order valence-corrected chi connectivity index (χ1v) is 13.0. The summed E-state index contributed by atoms with van der Waals surface area (Å²) in [6, 6.07) is 10.3. The summed E-state index contributed by atoms with van der Waals surface area (Å²) in [5, 5.41) is 9.93. The van der Waals surface area contributed by atoms with Crippen molar-refractivity contribution in [2.75, 3.05) is 17.8 Å². The fraction of sp³-hybridized carbons (Fsp3) is 0.286. The zero-order valence-electron chi connectivity index (χ0n) is 17.4. The lowest BCUT2D eigenvalue weighted by Gasteiger charge is -2.29. The highest BCUT2D eigenvalue weighted by Crippen LogP contribution is 2.30. The van der Waals surface area contributed by atoms with Crippen molar-refractivity contribution < 1.29 is 16.8 Å². The zero-order valence-corrected chi connectivity index (χ0v) is 19.0. The van der Waals surface area contributed by atoms with Crippen LogP contribution in [0.5, 0.6) is 0 Å². The second kappa shape index (κ2) is 8.22. The molecule has 0 amide bonds. The number of nitriles is 1. The van der Waals surface area contributed by atoms with Crippen LogP contribution in [-0.4, -0.2) is 45.3 Å². The fourth-order valence-corrected chi connectivity index (χ4v) is 6.54. The SMILES string of the molecule is Cc1ccc(NS(=O)(=O)c2ccc(S(=O)(=O)N3CCCC(N)C3)cc2)c2[nH]cc(C#N)c12. The van der Waals surface area contributed by atoms with Gasteiger partial charge in [0, 0.05) is 30.7 Å². The van der Waals surface area contributed by atoms with Crippen molar-refractivity contribution >= 4 is 36.6 Å². The summed E-state index contributed by atoms with van der Waals surface area (Å²) in [6.45, 7) is 2.47. The minimum absolute atomic E-state index is 0.0197. The van der Waals surface area contributed by atoms with Gasteiger partial charge in [0.25, 0.3) is 10.0 Å². The number of aryl methyl sites for hydroxylation is 1. The smallest absolute Gasteiger partial charge is 0.261 e. The van der Waals surface area contributed by atoms with Crippen molar-refractivity contribution in [1.82, 2.24) is 9.29 Å². The largest absolute Gasteiger partial charge is 0.358 e. The number of nitrogens with one attached hydrogen (secondary N) is 2. The molecule has 2 aromatic carbocycles. The van der Waals surface area contributed by atoms with Crippen LogP contribution < -0.4 is 10.5 Å². The second-order valence-electron chi connectivity index (χ2n) is 7.84. The van der Waals surface area contributed by atoms with Gasteiger partial charge in [-0.1, -0.05) is 6.07 Å². The van der Waals surface area contributed by atoms with E-state index in [0.29, 0.717) is 35.1 Å². The summed E-state index contributed by atoms with van der Waals surface area (Å²) in [4.78, 5) is 2.89. The van der Waals surface area contributed by atoms with E-state index in [2.05, 4.69) is 15.8 Å². The van der Waals surface area contributed by atoms with Crippen molar-refractivity contribution in [2.24, 2.45) is 5.73 Å². The summed E-state index contributed by atoms with van der Waals surface area (Å²) in [5.74, 6) is 0. The lowest BCUT2D eigenvalue weighted by Crippen LogP contribution is -2.45. The Labute approximate surface area is 186 Å². The van der Waals surface area contributed by atoms with Crippen LogP contribution in [0, 0.1) is 18.3 Å². The van der Waals surface area contributed by atoms with Crippen LogP contribution in [0.1, 0.15) is 24.0 Å². The van der Waals surface area contributed by atoms with Crippen LogP contribution in [0.3, 0.4) is 0 Å². The molecule has 0 aliphatic carbocycles.